The number of pyridine rings is 1. The van der Waals surface area contributed by atoms with E-state index in [0.29, 0.717) is 18.4 Å². The Morgan fingerprint density at radius 1 is 1.47 bits per heavy atom. The minimum absolute atomic E-state index is 0.269. The van der Waals surface area contributed by atoms with Crippen LogP contribution in [0.3, 0.4) is 0 Å². The Morgan fingerprint density at radius 2 is 2.07 bits per heavy atom. The summed E-state index contributed by atoms with van der Waals surface area (Å²) in [5.74, 6) is 0.269. The van der Waals surface area contributed by atoms with Crippen LogP contribution in [0.2, 0.25) is 0 Å². The van der Waals surface area contributed by atoms with E-state index in [0.717, 1.165) is 0 Å². The van der Waals surface area contributed by atoms with Gasteiger partial charge in [-0.15, -0.1) is 0 Å². The summed E-state index contributed by atoms with van der Waals surface area (Å²) in [5, 5.41) is 20.2. The van der Waals surface area contributed by atoms with E-state index in [1.807, 2.05) is 13.8 Å². The number of aliphatic hydroxyl groups excluding tert-OH is 1. The Labute approximate surface area is 89.8 Å². The Bertz CT molecular complexity index is 324. The van der Waals surface area contributed by atoms with Gasteiger partial charge in [-0.05, 0) is 18.9 Å². The molecule has 0 aliphatic heterocycles. The van der Waals surface area contributed by atoms with Gasteiger partial charge in [0.1, 0.15) is 11.9 Å². The fourth-order valence-electron chi connectivity index (χ4n) is 1.59. The maximum Gasteiger partial charge on any atom is 0.129 e. The quantitative estimate of drug-likeness (QED) is 0.698. The third-order valence-corrected chi connectivity index (χ3v) is 2.90. The first-order chi connectivity index (χ1) is 7.05. The number of anilines is 1. The summed E-state index contributed by atoms with van der Waals surface area (Å²) >= 11 is 0. The molecule has 1 atom stereocenters. The van der Waals surface area contributed by atoms with Crippen LogP contribution in [-0.2, 0) is 0 Å². The van der Waals surface area contributed by atoms with Gasteiger partial charge in [0.2, 0.25) is 0 Å². The topological polar surface area (TPSA) is 79.4 Å². The predicted octanol–water partition coefficient (Wildman–Crippen LogP) is 1.25. The number of rotatable bonds is 4. The normalized spacial score (nSPS) is 13.9. The Morgan fingerprint density at radius 3 is 2.53 bits per heavy atom. The third-order valence-electron chi connectivity index (χ3n) is 2.90. The summed E-state index contributed by atoms with van der Waals surface area (Å²) in [4.78, 5) is 3.89. The highest BCUT2D eigenvalue weighted by atomic mass is 16.3. The van der Waals surface area contributed by atoms with Crippen LogP contribution in [0, 0.1) is 0 Å². The van der Waals surface area contributed by atoms with Crippen LogP contribution in [0.5, 0.6) is 0 Å². The van der Waals surface area contributed by atoms with Gasteiger partial charge in [-0.1, -0.05) is 19.9 Å². The van der Waals surface area contributed by atoms with Gasteiger partial charge in [-0.2, -0.15) is 0 Å². The van der Waals surface area contributed by atoms with Crippen LogP contribution < -0.4 is 5.73 Å². The molecular formula is C11H18N2O2. The average Bonchev–Trinajstić information content (AvgIpc) is 2.28. The van der Waals surface area contributed by atoms with E-state index in [-0.39, 0.29) is 5.82 Å². The molecule has 15 heavy (non-hydrogen) atoms. The average molecular weight is 210 g/mol. The van der Waals surface area contributed by atoms with E-state index < -0.39 is 11.7 Å². The summed E-state index contributed by atoms with van der Waals surface area (Å²) in [7, 11) is 0. The van der Waals surface area contributed by atoms with E-state index in [1.165, 1.54) is 0 Å². The molecule has 0 saturated carbocycles. The van der Waals surface area contributed by atoms with Crippen LogP contribution in [-0.4, -0.2) is 20.8 Å². The van der Waals surface area contributed by atoms with Crippen molar-refractivity contribution in [1.29, 1.82) is 0 Å². The SMILES string of the molecule is CCC(O)(CC)C(O)c1cccnc1N. The molecule has 0 aliphatic carbocycles. The summed E-state index contributed by atoms with van der Waals surface area (Å²) in [5.41, 5.74) is 5.01. The van der Waals surface area contributed by atoms with Crippen LogP contribution in [0.25, 0.3) is 0 Å². The van der Waals surface area contributed by atoms with Gasteiger partial charge >= 0.3 is 0 Å². The van der Waals surface area contributed by atoms with Crippen molar-refractivity contribution in [3.05, 3.63) is 23.9 Å². The standard InChI is InChI=1S/C11H18N2O2/c1-3-11(15,4-2)9(14)8-6-5-7-13-10(8)12/h5-7,9,14-15H,3-4H2,1-2H3,(H2,12,13). The second-order valence-corrected chi connectivity index (χ2v) is 3.69. The lowest BCUT2D eigenvalue weighted by atomic mass is 9.86. The van der Waals surface area contributed by atoms with Gasteiger partial charge in [0, 0.05) is 11.8 Å². The number of aromatic nitrogens is 1. The first-order valence-electron chi connectivity index (χ1n) is 5.16. The highest BCUT2D eigenvalue weighted by molar-refractivity contribution is 5.41. The molecule has 1 rings (SSSR count). The summed E-state index contributed by atoms with van der Waals surface area (Å²) < 4.78 is 0. The second kappa shape index (κ2) is 4.59. The number of hydrogen-bond donors (Lipinski definition) is 3. The predicted molar refractivity (Wildman–Crippen MR) is 59.1 cm³/mol. The van der Waals surface area contributed by atoms with E-state index in [9.17, 15) is 10.2 Å². The zero-order valence-corrected chi connectivity index (χ0v) is 9.14. The summed E-state index contributed by atoms with van der Waals surface area (Å²) in [6.07, 6.45) is 1.52. The van der Waals surface area contributed by atoms with Gasteiger partial charge < -0.3 is 15.9 Å². The van der Waals surface area contributed by atoms with E-state index in [4.69, 9.17) is 5.73 Å². The summed E-state index contributed by atoms with van der Waals surface area (Å²) in [6, 6.07) is 3.38. The van der Waals surface area contributed by atoms with Gasteiger partial charge in [-0.3, -0.25) is 0 Å². The first-order valence-corrected chi connectivity index (χ1v) is 5.16. The van der Waals surface area contributed by atoms with Gasteiger partial charge in [0.25, 0.3) is 0 Å². The lowest BCUT2D eigenvalue weighted by Crippen LogP contribution is -2.35. The van der Waals surface area contributed by atoms with E-state index >= 15 is 0 Å². The molecule has 1 aromatic rings. The summed E-state index contributed by atoms with van der Waals surface area (Å²) in [6.45, 7) is 3.67. The van der Waals surface area contributed by atoms with Crippen molar-refractivity contribution in [2.24, 2.45) is 0 Å². The van der Waals surface area contributed by atoms with Gasteiger partial charge in [0.05, 0.1) is 5.60 Å². The molecule has 4 N–H and O–H groups in total. The van der Waals surface area contributed by atoms with Crippen LogP contribution in [0.4, 0.5) is 5.82 Å². The smallest absolute Gasteiger partial charge is 0.129 e. The van der Waals surface area contributed by atoms with Crippen molar-refractivity contribution in [1.82, 2.24) is 4.98 Å². The molecule has 0 aromatic carbocycles. The molecule has 1 aromatic heterocycles. The molecule has 84 valence electrons. The van der Waals surface area contributed by atoms with Crippen molar-refractivity contribution in [3.8, 4) is 0 Å². The highest BCUT2D eigenvalue weighted by Gasteiger charge is 2.34. The van der Waals surface area contributed by atoms with Crippen molar-refractivity contribution in [2.45, 2.75) is 38.4 Å². The maximum atomic E-state index is 10.1. The van der Waals surface area contributed by atoms with Crippen LogP contribution in [0.1, 0.15) is 38.4 Å². The molecule has 0 fully saturated rings. The number of nitrogens with zero attached hydrogens (tertiary/aromatic N) is 1. The molecule has 0 radical (unpaired) electrons. The Kier molecular flexibility index (Phi) is 3.66. The molecule has 0 bridgehead atoms. The number of hydrogen-bond acceptors (Lipinski definition) is 4. The number of aliphatic hydroxyl groups is 2. The Balaban J connectivity index is 3.03. The fourth-order valence-corrected chi connectivity index (χ4v) is 1.59. The monoisotopic (exact) mass is 210 g/mol. The first kappa shape index (κ1) is 11.9. The molecule has 0 saturated heterocycles. The lowest BCUT2D eigenvalue weighted by Gasteiger charge is -2.31. The van der Waals surface area contributed by atoms with Crippen molar-refractivity contribution in [3.63, 3.8) is 0 Å². The Hall–Kier alpha value is -1.13. The van der Waals surface area contributed by atoms with Gasteiger partial charge in [-0.25, -0.2) is 4.98 Å². The van der Waals surface area contributed by atoms with Crippen molar-refractivity contribution in [2.75, 3.05) is 5.73 Å². The molecule has 0 amide bonds. The van der Waals surface area contributed by atoms with E-state index in [1.54, 1.807) is 18.3 Å². The molecule has 0 aliphatic rings. The molecule has 0 spiro atoms. The van der Waals surface area contributed by atoms with Gasteiger partial charge in [0.15, 0.2) is 0 Å². The molecule has 1 heterocycles. The zero-order valence-electron chi connectivity index (χ0n) is 9.14. The maximum absolute atomic E-state index is 10.1. The molecular weight excluding hydrogens is 192 g/mol. The number of nitrogen functional groups attached to an aromatic ring is 1. The number of nitrogens with two attached hydrogens (primary N) is 1. The van der Waals surface area contributed by atoms with Crippen molar-refractivity contribution >= 4 is 5.82 Å². The molecule has 1 unspecified atom stereocenters. The highest BCUT2D eigenvalue weighted by Crippen LogP contribution is 2.33. The molecule has 4 nitrogen and oxygen atoms in total. The van der Waals surface area contributed by atoms with Crippen LogP contribution in [0.15, 0.2) is 18.3 Å². The zero-order chi connectivity index (χ0) is 11.5. The largest absolute Gasteiger partial charge is 0.387 e. The third kappa shape index (κ3) is 2.27. The minimum Gasteiger partial charge on any atom is -0.387 e. The second-order valence-electron chi connectivity index (χ2n) is 3.69. The minimum atomic E-state index is -1.13. The van der Waals surface area contributed by atoms with Crippen molar-refractivity contribution < 1.29 is 10.2 Å². The van der Waals surface area contributed by atoms with Crippen LogP contribution >= 0.6 is 0 Å². The lowest BCUT2D eigenvalue weighted by molar-refractivity contribution is -0.0818. The molecule has 4 heteroatoms. The fraction of sp³-hybridized carbons (Fsp3) is 0.545. The van der Waals surface area contributed by atoms with E-state index in [2.05, 4.69) is 4.98 Å².